The number of benzene rings is 1. The van der Waals surface area contributed by atoms with Gasteiger partial charge in [-0.25, -0.2) is 0 Å². The van der Waals surface area contributed by atoms with Crippen LogP contribution in [0.25, 0.3) is 0 Å². The fourth-order valence-electron chi connectivity index (χ4n) is 1.40. The van der Waals surface area contributed by atoms with Gasteiger partial charge in [0.1, 0.15) is 5.75 Å². The van der Waals surface area contributed by atoms with Gasteiger partial charge in [-0.3, -0.25) is 4.79 Å². The number of nitrogens with one attached hydrogen (secondary N) is 1. The number of carbonyl (C=O) groups is 1. The second kappa shape index (κ2) is 5.36. The predicted octanol–water partition coefficient (Wildman–Crippen LogP) is 0.831. The lowest BCUT2D eigenvalue weighted by atomic mass is 10.1. The highest BCUT2D eigenvalue weighted by molar-refractivity contribution is 5.78. The number of methoxy groups -OCH3 is 1. The molecule has 0 fully saturated rings. The van der Waals surface area contributed by atoms with E-state index >= 15 is 0 Å². The standard InChI is InChI=1S/C11H16N2O2/c1-8(13-11(14)7-12)9-5-3-4-6-10(9)15-2/h3-6,8H,7,12H2,1-2H3,(H,13,14). The summed E-state index contributed by atoms with van der Waals surface area (Å²) in [7, 11) is 1.61. The number of hydrogen-bond acceptors (Lipinski definition) is 3. The lowest BCUT2D eigenvalue weighted by Crippen LogP contribution is -2.32. The molecule has 1 aromatic rings. The van der Waals surface area contributed by atoms with Gasteiger partial charge in [-0.05, 0) is 13.0 Å². The molecule has 0 bridgehead atoms. The second-order valence-electron chi connectivity index (χ2n) is 3.24. The van der Waals surface area contributed by atoms with E-state index in [9.17, 15) is 4.79 Å². The summed E-state index contributed by atoms with van der Waals surface area (Å²) < 4.78 is 5.20. The summed E-state index contributed by atoms with van der Waals surface area (Å²) in [5.41, 5.74) is 6.17. The lowest BCUT2D eigenvalue weighted by Gasteiger charge is -2.16. The van der Waals surface area contributed by atoms with Crippen LogP contribution in [0.2, 0.25) is 0 Å². The van der Waals surface area contributed by atoms with Gasteiger partial charge in [0.25, 0.3) is 0 Å². The van der Waals surface area contributed by atoms with Crippen molar-refractivity contribution in [3.8, 4) is 5.75 Å². The van der Waals surface area contributed by atoms with Crippen molar-refractivity contribution in [1.29, 1.82) is 0 Å². The van der Waals surface area contributed by atoms with Crippen molar-refractivity contribution < 1.29 is 9.53 Å². The lowest BCUT2D eigenvalue weighted by molar-refractivity contribution is -0.120. The van der Waals surface area contributed by atoms with E-state index in [1.54, 1.807) is 7.11 Å². The quantitative estimate of drug-likeness (QED) is 0.770. The summed E-state index contributed by atoms with van der Waals surface area (Å²) in [5.74, 6) is 0.593. The van der Waals surface area contributed by atoms with Crippen LogP contribution in [0.5, 0.6) is 5.75 Å². The van der Waals surface area contributed by atoms with Gasteiger partial charge < -0.3 is 15.8 Å². The van der Waals surface area contributed by atoms with Gasteiger partial charge in [0.15, 0.2) is 0 Å². The van der Waals surface area contributed by atoms with Crippen molar-refractivity contribution in [2.75, 3.05) is 13.7 Å². The molecule has 15 heavy (non-hydrogen) atoms. The Morgan fingerprint density at radius 3 is 2.80 bits per heavy atom. The molecule has 0 aliphatic rings. The average Bonchev–Trinajstić information content (AvgIpc) is 2.28. The summed E-state index contributed by atoms with van der Waals surface area (Å²) in [6, 6.07) is 7.47. The number of nitrogens with two attached hydrogens (primary N) is 1. The Labute approximate surface area is 89.4 Å². The minimum absolute atomic E-state index is 0.000507. The summed E-state index contributed by atoms with van der Waals surface area (Å²) in [6.07, 6.45) is 0. The monoisotopic (exact) mass is 208 g/mol. The highest BCUT2D eigenvalue weighted by Gasteiger charge is 2.12. The Bertz CT molecular complexity index is 339. The van der Waals surface area contributed by atoms with Crippen LogP contribution < -0.4 is 15.8 Å². The van der Waals surface area contributed by atoms with Crippen molar-refractivity contribution in [3.63, 3.8) is 0 Å². The molecular formula is C11H16N2O2. The predicted molar refractivity (Wildman–Crippen MR) is 58.6 cm³/mol. The fraction of sp³-hybridized carbons (Fsp3) is 0.364. The smallest absolute Gasteiger partial charge is 0.234 e. The summed E-state index contributed by atoms with van der Waals surface area (Å²) in [6.45, 7) is 1.89. The molecule has 1 rings (SSSR count). The van der Waals surface area contributed by atoms with Crippen LogP contribution in [0, 0.1) is 0 Å². The van der Waals surface area contributed by atoms with E-state index in [1.165, 1.54) is 0 Å². The van der Waals surface area contributed by atoms with E-state index in [0.29, 0.717) is 0 Å². The van der Waals surface area contributed by atoms with Gasteiger partial charge in [-0.2, -0.15) is 0 Å². The maximum Gasteiger partial charge on any atom is 0.234 e. The summed E-state index contributed by atoms with van der Waals surface area (Å²) in [5, 5.41) is 2.78. The molecule has 0 heterocycles. The van der Waals surface area contributed by atoms with Crippen molar-refractivity contribution in [3.05, 3.63) is 29.8 Å². The molecule has 1 atom stereocenters. The van der Waals surface area contributed by atoms with Crippen LogP contribution in [0.3, 0.4) is 0 Å². The maximum atomic E-state index is 11.1. The van der Waals surface area contributed by atoms with Gasteiger partial charge >= 0.3 is 0 Å². The van der Waals surface area contributed by atoms with Gasteiger partial charge in [0, 0.05) is 5.56 Å². The minimum atomic E-state index is -0.173. The van der Waals surface area contributed by atoms with Gasteiger partial charge in [-0.1, -0.05) is 18.2 Å². The first-order valence-corrected chi connectivity index (χ1v) is 4.81. The van der Waals surface area contributed by atoms with E-state index in [0.717, 1.165) is 11.3 Å². The van der Waals surface area contributed by atoms with Gasteiger partial charge in [-0.15, -0.1) is 0 Å². The maximum absolute atomic E-state index is 11.1. The van der Waals surface area contributed by atoms with Crippen LogP contribution in [-0.2, 0) is 4.79 Å². The number of amides is 1. The Hall–Kier alpha value is -1.55. The minimum Gasteiger partial charge on any atom is -0.496 e. The molecule has 0 aliphatic heterocycles. The topological polar surface area (TPSA) is 64.3 Å². The average molecular weight is 208 g/mol. The first-order valence-electron chi connectivity index (χ1n) is 4.81. The molecule has 4 nitrogen and oxygen atoms in total. The largest absolute Gasteiger partial charge is 0.496 e. The summed E-state index contributed by atoms with van der Waals surface area (Å²) in [4.78, 5) is 11.1. The molecule has 0 saturated carbocycles. The van der Waals surface area contributed by atoms with Crippen molar-refractivity contribution in [1.82, 2.24) is 5.32 Å². The van der Waals surface area contributed by atoms with E-state index in [4.69, 9.17) is 10.5 Å². The van der Waals surface area contributed by atoms with Crippen LogP contribution in [-0.4, -0.2) is 19.6 Å². The third-order valence-corrected chi connectivity index (χ3v) is 2.17. The van der Waals surface area contributed by atoms with E-state index in [1.807, 2.05) is 31.2 Å². The number of para-hydroxylation sites is 1. The van der Waals surface area contributed by atoms with Crippen molar-refractivity contribution in [2.24, 2.45) is 5.73 Å². The third-order valence-electron chi connectivity index (χ3n) is 2.17. The Balaban J connectivity index is 2.80. The molecule has 1 amide bonds. The van der Waals surface area contributed by atoms with Crippen molar-refractivity contribution in [2.45, 2.75) is 13.0 Å². The van der Waals surface area contributed by atoms with E-state index in [-0.39, 0.29) is 18.5 Å². The second-order valence-corrected chi connectivity index (χ2v) is 3.24. The highest BCUT2D eigenvalue weighted by atomic mass is 16.5. The normalized spacial score (nSPS) is 11.9. The fourth-order valence-corrected chi connectivity index (χ4v) is 1.40. The molecular weight excluding hydrogens is 192 g/mol. The van der Waals surface area contributed by atoms with E-state index < -0.39 is 0 Å². The van der Waals surface area contributed by atoms with Crippen LogP contribution >= 0.6 is 0 Å². The third kappa shape index (κ3) is 2.95. The van der Waals surface area contributed by atoms with E-state index in [2.05, 4.69) is 5.32 Å². The Morgan fingerprint density at radius 2 is 2.20 bits per heavy atom. The Morgan fingerprint density at radius 1 is 1.53 bits per heavy atom. The molecule has 0 aliphatic carbocycles. The molecule has 0 aromatic heterocycles. The zero-order valence-corrected chi connectivity index (χ0v) is 8.99. The number of rotatable bonds is 4. The summed E-state index contributed by atoms with van der Waals surface area (Å²) >= 11 is 0. The number of carbonyl (C=O) groups excluding carboxylic acids is 1. The molecule has 4 heteroatoms. The molecule has 0 spiro atoms. The molecule has 0 radical (unpaired) electrons. The molecule has 0 saturated heterocycles. The molecule has 3 N–H and O–H groups in total. The number of hydrogen-bond donors (Lipinski definition) is 2. The van der Waals surface area contributed by atoms with Crippen LogP contribution in [0.15, 0.2) is 24.3 Å². The highest BCUT2D eigenvalue weighted by Crippen LogP contribution is 2.23. The number of ether oxygens (including phenoxy) is 1. The first kappa shape index (κ1) is 11.5. The molecule has 1 unspecified atom stereocenters. The Kier molecular flexibility index (Phi) is 4.12. The van der Waals surface area contributed by atoms with Crippen molar-refractivity contribution >= 4 is 5.91 Å². The zero-order valence-electron chi connectivity index (χ0n) is 8.99. The van der Waals surface area contributed by atoms with Gasteiger partial charge in [0.05, 0.1) is 19.7 Å². The zero-order chi connectivity index (χ0) is 11.3. The first-order chi connectivity index (χ1) is 7.19. The van der Waals surface area contributed by atoms with Crippen LogP contribution in [0.1, 0.15) is 18.5 Å². The van der Waals surface area contributed by atoms with Crippen LogP contribution in [0.4, 0.5) is 0 Å². The van der Waals surface area contributed by atoms with Gasteiger partial charge in [0.2, 0.25) is 5.91 Å². The molecule has 82 valence electrons. The SMILES string of the molecule is COc1ccccc1C(C)NC(=O)CN. The molecule has 1 aromatic carbocycles.